The number of hydrogen-bond donors (Lipinski definition) is 3. The molecule has 0 saturated carbocycles. The van der Waals surface area contributed by atoms with Crippen LogP contribution in [0, 0.1) is 6.92 Å². The monoisotopic (exact) mass is 304 g/mol. The molecule has 1 aromatic carbocycles. The molecule has 6 heteroatoms. The highest BCUT2D eigenvalue weighted by Crippen LogP contribution is 2.19. The van der Waals surface area contributed by atoms with Gasteiger partial charge in [0.05, 0.1) is 5.69 Å². The lowest BCUT2D eigenvalue weighted by molar-refractivity contribution is -0.111. The minimum absolute atomic E-state index is 0.0551. The molecule has 0 aliphatic carbocycles. The van der Waals surface area contributed by atoms with Crippen LogP contribution in [-0.4, -0.2) is 22.0 Å². The minimum atomic E-state index is -1.09. The second-order valence-corrected chi connectivity index (χ2v) is 4.82. The Labute approximate surface area is 126 Å². The van der Waals surface area contributed by atoms with Crippen LogP contribution in [0.5, 0.6) is 0 Å². The van der Waals surface area contributed by atoms with E-state index in [0.717, 1.165) is 5.56 Å². The molecule has 0 unspecified atom stereocenters. The van der Waals surface area contributed by atoms with Crippen molar-refractivity contribution >= 4 is 35.2 Å². The van der Waals surface area contributed by atoms with E-state index in [1.54, 1.807) is 37.3 Å². The van der Waals surface area contributed by atoms with Gasteiger partial charge in [0.1, 0.15) is 5.56 Å². The van der Waals surface area contributed by atoms with Gasteiger partial charge in [0.15, 0.2) is 0 Å². The summed E-state index contributed by atoms with van der Waals surface area (Å²) in [6.45, 7) is 1.63. The predicted octanol–water partition coefficient (Wildman–Crippen LogP) is 3.33. The number of H-pyrrole nitrogens is 1. The van der Waals surface area contributed by atoms with Crippen LogP contribution >= 0.6 is 11.6 Å². The Morgan fingerprint density at radius 2 is 2.14 bits per heavy atom. The maximum atomic E-state index is 11.8. The number of amides is 1. The lowest BCUT2D eigenvalue weighted by Gasteiger charge is -2.01. The van der Waals surface area contributed by atoms with E-state index in [1.165, 1.54) is 12.3 Å². The van der Waals surface area contributed by atoms with Crippen molar-refractivity contribution in [3.63, 3.8) is 0 Å². The number of carboxylic acids is 1. The van der Waals surface area contributed by atoms with Crippen LogP contribution in [0.1, 0.15) is 21.6 Å². The topological polar surface area (TPSA) is 82.2 Å². The van der Waals surface area contributed by atoms with E-state index in [0.29, 0.717) is 10.7 Å². The Hall–Kier alpha value is -2.53. The molecule has 21 heavy (non-hydrogen) atoms. The molecule has 2 rings (SSSR count). The predicted molar refractivity (Wildman–Crippen MR) is 81.6 cm³/mol. The molecule has 0 aliphatic rings. The first-order chi connectivity index (χ1) is 9.97. The van der Waals surface area contributed by atoms with Gasteiger partial charge >= 0.3 is 5.97 Å². The average Bonchev–Trinajstić information content (AvgIpc) is 2.77. The first-order valence-electron chi connectivity index (χ1n) is 6.13. The molecule has 0 bridgehead atoms. The molecule has 5 nitrogen and oxygen atoms in total. The summed E-state index contributed by atoms with van der Waals surface area (Å²) < 4.78 is 0. The molecule has 0 aliphatic heterocycles. The lowest BCUT2D eigenvalue weighted by Crippen LogP contribution is -2.10. The second-order valence-electron chi connectivity index (χ2n) is 4.39. The van der Waals surface area contributed by atoms with E-state index < -0.39 is 11.9 Å². The Morgan fingerprint density at radius 3 is 2.81 bits per heavy atom. The zero-order valence-electron chi connectivity index (χ0n) is 11.2. The van der Waals surface area contributed by atoms with Crippen molar-refractivity contribution in [2.24, 2.45) is 0 Å². The van der Waals surface area contributed by atoms with Gasteiger partial charge in [-0.25, -0.2) is 4.79 Å². The van der Waals surface area contributed by atoms with Crippen LogP contribution in [0.4, 0.5) is 5.69 Å². The number of halogens is 1. The lowest BCUT2D eigenvalue weighted by atomic mass is 10.2. The number of rotatable bonds is 4. The smallest absolute Gasteiger partial charge is 0.339 e. The van der Waals surface area contributed by atoms with Crippen molar-refractivity contribution in [3.05, 3.63) is 58.4 Å². The van der Waals surface area contributed by atoms with Crippen LogP contribution < -0.4 is 5.32 Å². The second kappa shape index (κ2) is 6.28. The molecule has 2 aromatic rings. The van der Waals surface area contributed by atoms with Gasteiger partial charge in [-0.05, 0) is 30.7 Å². The minimum Gasteiger partial charge on any atom is -0.478 e. The van der Waals surface area contributed by atoms with Gasteiger partial charge in [-0.15, -0.1) is 0 Å². The van der Waals surface area contributed by atoms with Gasteiger partial charge in [-0.2, -0.15) is 0 Å². The Bertz CT molecular complexity index is 719. The van der Waals surface area contributed by atoms with Crippen LogP contribution in [0.15, 0.2) is 36.5 Å². The normalized spacial score (nSPS) is 10.8. The maximum Gasteiger partial charge on any atom is 0.339 e. The third kappa shape index (κ3) is 3.73. The van der Waals surface area contributed by atoms with Crippen LogP contribution in [0.2, 0.25) is 5.02 Å². The van der Waals surface area contributed by atoms with Gasteiger partial charge in [0.25, 0.3) is 0 Å². The first-order valence-corrected chi connectivity index (χ1v) is 6.51. The highest BCUT2D eigenvalue weighted by Gasteiger charge is 2.16. The summed E-state index contributed by atoms with van der Waals surface area (Å²) in [6, 6.07) is 7.03. The summed E-state index contributed by atoms with van der Waals surface area (Å²) in [4.78, 5) is 25.7. The molecular formula is C15H13ClN2O3. The molecule has 0 atom stereocenters. The number of carbonyl (C=O) groups excluding carboxylic acids is 1. The molecule has 0 radical (unpaired) electrons. The molecular weight excluding hydrogens is 292 g/mol. The summed E-state index contributed by atoms with van der Waals surface area (Å²) in [5.41, 5.74) is 1.55. The highest BCUT2D eigenvalue weighted by molar-refractivity contribution is 6.30. The fourth-order valence-corrected chi connectivity index (χ4v) is 2.06. The van der Waals surface area contributed by atoms with Gasteiger partial charge in [-0.3, -0.25) is 4.79 Å². The quantitative estimate of drug-likeness (QED) is 0.758. The molecule has 0 fully saturated rings. The maximum absolute atomic E-state index is 11.8. The molecule has 1 heterocycles. The molecule has 1 aromatic heterocycles. The Kier molecular flexibility index (Phi) is 4.45. The average molecular weight is 305 g/mol. The Morgan fingerprint density at radius 1 is 1.38 bits per heavy atom. The van der Waals surface area contributed by atoms with Gasteiger partial charge in [0.2, 0.25) is 5.91 Å². The molecule has 1 amide bonds. The van der Waals surface area contributed by atoms with Crippen LogP contribution in [0.25, 0.3) is 6.08 Å². The summed E-state index contributed by atoms with van der Waals surface area (Å²) in [7, 11) is 0. The zero-order chi connectivity index (χ0) is 15.4. The van der Waals surface area contributed by atoms with Gasteiger partial charge < -0.3 is 15.4 Å². The number of hydrogen-bond acceptors (Lipinski definition) is 2. The van der Waals surface area contributed by atoms with E-state index in [9.17, 15) is 9.59 Å². The molecule has 108 valence electrons. The van der Waals surface area contributed by atoms with E-state index >= 15 is 0 Å². The van der Waals surface area contributed by atoms with Gasteiger partial charge in [0, 0.05) is 23.0 Å². The zero-order valence-corrected chi connectivity index (χ0v) is 11.9. The summed E-state index contributed by atoms with van der Waals surface area (Å²) in [6.07, 6.45) is 4.37. The van der Waals surface area contributed by atoms with Crippen molar-refractivity contribution < 1.29 is 14.7 Å². The van der Waals surface area contributed by atoms with E-state index in [4.69, 9.17) is 16.7 Å². The molecule has 0 spiro atoms. The fraction of sp³-hybridized carbons (Fsp3) is 0.0667. The van der Waals surface area contributed by atoms with Crippen molar-refractivity contribution in [1.29, 1.82) is 0 Å². The third-order valence-electron chi connectivity index (χ3n) is 2.82. The van der Waals surface area contributed by atoms with Crippen molar-refractivity contribution in [3.8, 4) is 0 Å². The number of carboxylic acid groups (broad SMARTS) is 1. The first kappa shape index (κ1) is 14.9. The van der Waals surface area contributed by atoms with Crippen LogP contribution in [0.3, 0.4) is 0 Å². The third-order valence-corrected chi connectivity index (χ3v) is 3.06. The van der Waals surface area contributed by atoms with Crippen molar-refractivity contribution in [2.75, 3.05) is 5.32 Å². The number of aryl methyl sites for hydroxylation is 1. The van der Waals surface area contributed by atoms with E-state index in [1.807, 2.05) is 0 Å². The Balaban J connectivity index is 2.11. The number of aromatic carboxylic acids is 1. The van der Waals surface area contributed by atoms with E-state index in [2.05, 4.69) is 10.3 Å². The highest BCUT2D eigenvalue weighted by atomic mass is 35.5. The number of aromatic amines is 1. The number of aromatic nitrogens is 1. The fourth-order valence-electron chi connectivity index (χ4n) is 1.86. The molecule has 3 N–H and O–H groups in total. The van der Waals surface area contributed by atoms with Gasteiger partial charge in [-0.1, -0.05) is 23.7 Å². The van der Waals surface area contributed by atoms with Crippen molar-refractivity contribution in [1.82, 2.24) is 4.98 Å². The summed E-state index contributed by atoms with van der Waals surface area (Å²) >= 11 is 5.84. The summed E-state index contributed by atoms with van der Waals surface area (Å²) in [5, 5.41) is 12.2. The SMILES string of the molecule is Cc1[nH]cc(NC(=O)/C=C/c2cccc(Cl)c2)c1C(=O)O. The number of nitrogens with one attached hydrogen (secondary N) is 2. The number of carbonyl (C=O) groups is 2. The number of benzene rings is 1. The standard InChI is InChI=1S/C15H13ClN2O3/c1-9-14(15(20)21)12(8-17-9)18-13(19)6-5-10-3-2-4-11(16)7-10/h2-8,17H,1H3,(H,18,19)(H,20,21)/b6-5+. The number of anilines is 1. The van der Waals surface area contributed by atoms with E-state index in [-0.39, 0.29) is 11.3 Å². The van der Waals surface area contributed by atoms with Crippen LogP contribution in [-0.2, 0) is 4.79 Å². The largest absolute Gasteiger partial charge is 0.478 e. The van der Waals surface area contributed by atoms with Crippen molar-refractivity contribution in [2.45, 2.75) is 6.92 Å². The summed E-state index contributed by atoms with van der Waals surface area (Å²) in [5.74, 6) is -1.51. The molecule has 0 saturated heterocycles.